The van der Waals surface area contributed by atoms with Crippen molar-refractivity contribution < 1.29 is 4.79 Å². The minimum atomic E-state index is -0.206. The van der Waals surface area contributed by atoms with Crippen LogP contribution in [0.1, 0.15) is 27.7 Å². The number of aliphatic imine (C=N–C) groups is 1. The zero-order chi connectivity index (χ0) is 15.1. The van der Waals surface area contributed by atoms with E-state index in [-0.39, 0.29) is 11.4 Å². The number of guanidine groups is 1. The molecule has 0 saturated carbocycles. The Bertz CT molecular complexity index is 312. The summed E-state index contributed by atoms with van der Waals surface area (Å²) in [4.78, 5) is 17.9. The number of carbonyl (C=O) groups is 1. The van der Waals surface area contributed by atoms with Gasteiger partial charge in [-0.05, 0) is 27.0 Å². The molecule has 0 spiro atoms. The van der Waals surface area contributed by atoms with Crippen molar-refractivity contribution in [3.63, 3.8) is 0 Å². The minimum Gasteiger partial charge on any atom is -0.355 e. The molecule has 0 rings (SSSR count). The predicted octanol–water partition coefficient (Wildman–Crippen LogP) is 1.16. The first kappa shape index (κ1) is 18.1. The molecule has 5 nitrogen and oxygen atoms in total. The van der Waals surface area contributed by atoms with Gasteiger partial charge in [0, 0.05) is 31.4 Å². The maximum atomic E-state index is 11.8. The molecule has 6 heteroatoms. The third kappa shape index (κ3) is 8.75. The van der Waals surface area contributed by atoms with Gasteiger partial charge < -0.3 is 15.5 Å². The zero-order valence-corrected chi connectivity index (χ0v) is 14.0. The number of thioether (sulfide) groups is 1. The molecule has 0 aromatic heterocycles. The molecule has 2 N–H and O–H groups in total. The number of hydrogen-bond donors (Lipinski definition) is 2. The van der Waals surface area contributed by atoms with Crippen molar-refractivity contribution in [2.75, 3.05) is 33.4 Å². The highest BCUT2D eigenvalue weighted by atomic mass is 32.2. The van der Waals surface area contributed by atoms with Crippen LogP contribution in [0.15, 0.2) is 4.99 Å². The Morgan fingerprint density at radius 2 is 2.00 bits per heavy atom. The molecule has 1 unspecified atom stereocenters. The monoisotopic (exact) mass is 288 g/mol. The predicted molar refractivity (Wildman–Crippen MR) is 84.9 cm³/mol. The van der Waals surface area contributed by atoms with E-state index in [9.17, 15) is 4.79 Å². The van der Waals surface area contributed by atoms with Crippen LogP contribution in [-0.4, -0.2) is 61.0 Å². The molecule has 0 aliphatic rings. The van der Waals surface area contributed by atoms with E-state index in [4.69, 9.17) is 0 Å². The molecule has 0 bridgehead atoms. The van der Waals surface area contributed by atoms with Gasteiger partial charge in [-0.25, -0.2) is 0 Å². The zero-order valence-electron chi connectivity index (χ0n) is 13.2. The van der Waals surface area contributed by atoms with Crippen molar-refractivity contribution in [3.8, 4) is 0 Å². The summed E-state index contributed by atoms with van der Waals surface area (Å²) in [7, 11) is 3.59. The Morgan fingerprint density at radius 3 is 2.42 bits per heavy atom. The normalized spacial score (nSPS) is 13.9. The van der Waals surface area contributed by atoms with E-state index >= 15 is 0 Å². The van der Waals surface area contributed by atoms with Crippen molar-refractivity contribution in [3.05, 3.63) is 0 Å². The molecule has 0 saturated heterocycles. The summed E-state index contributed by atoms with van der Waals surface area (Å²) in [5.74, 6) is 0.737. The van der Waals surface area contributed by atoms with Gasteiger partial charge in [0.25, 0.3) is 0 Å². The maximum Gasteiger partial charge on any atom is 0.240 e. The highest BCUT2D eigenvalue weighted by molar-refractivity contribution is 7.99. The molecule has 0 aromatic carbocycles. The quantitative estimate of drug-likeness (QED) is 0.589. The van der Waals surface area contributed by atoms with Gasteiger partial charge in [-0.1, -0.05) is 6.92 Å². The number of likely N-dealkylation sites (N-methyl/N-ethyl adjacent to an activating group) is 1. The lowest BCUT2D eigenvalue weighted by atomic mass is 10.1. The first-order chi connectivity index (χ1) is 8.69. The third-order valence-corrected chi connectivity index (χ3v) is 3.39. The SMILES string of the molecule is CN=C(NCC(C)SC)N(C)CC(=O)NC(C)(C)C. The van der Waals surface area contributed by atoms with Gasteiger partial charge in [0.15, 0.2) is 5.96 Å². The molecular weight excluding hydrogens is 260 g/mol. The van der Waals surface area contributed by atoms with Crippen molar-refractivity contribution >= 4 is 23.6 Å². The maximum absolute atomic E-state index is 11.8. The summed E-state index contributed by atoms with van der Waals surface area (Å²) in [6.07, 6.45) is 2.08. The Labute approximate surface area is 121 Å². The molecule has 0 fully saturated rings. The molecule has 0 aliphatic heterocycles. The summed E-state index contributed by atoms with van der Waals surface area (Å²) in [6.45, 7) is 9.19. The summed E-state index contributed by atoms with van der Waals surface area (Å²) in [5.41, 5.74) is -0.206. The molecule has 19 heavy (non-hydrogen) atoms. The number of carbonyl (C=O) groups excluding carboxylic acids is 1. The fourth-order valence-corrected chi connectivity index (χ4v) is 1.70. The molecular formula is C13H28N4OS. The Balaban J connectivity index is 4.29. The lowest BCUT2D eigenvalue weighted by Crippen LogP contribution is -2.49. The van der Waals surface area contributed by atoms with Crippen molar-refractivity contribution in [1.82, 2.24) is 15.5 Å². The van der Waals surface area contributed by atoms with Crippen LogP contribution in [0, 0.1) is 0 Å². The van der Waals surface area contributed by atoms with Gasteiger partial charge in [-0.15, -0.1) is 0 Å². The number of rotatable bonds is 5. The highest BCUT2D eigenvalue weighted by Crippen LogP contribution is 2.03. The van der Waals surface area contributed by atoms with Gasteiger partial charge in [-0.3, -0.25) is 9.79 Å². The summed E-state index contributed by atoms with van der Waals surface area (Å²) in [6, 6.07) is 0. The summed E-state index contributed by atoms with van der Waals surface area (Å²) in [5, 5.41) is 6.71. The molecule has 1 amide bonds. The van der Waals surface area contributed by atoms with Gasteiger partial charge >= 0.3 is 0 Å². The number of nitrogens with zero attached hydrogens (tertiary/aromatic N) is 2. The van der Waals surface area contributed by atoms with E-state index in [0.717, 1.165) is 12.5 Å². The Kier molecular flexibility index (Phi) is 7.90. The van der Waals surface area contributed by atoms with Gasteiger partial charge in [0.05, 0.1) is 6.54 Å². The fourth-order valence-electron chi connectivity index (χ4n) is 1.45. The summed E-state index contributed by atoms with van der Waals surface area (Å²) < 4.78 is 0. The van der Waals surface area contributed by atoms with E-state index in [1.165, 1.54) is 0 Å². The van der Waals surface area contributed by atoms with E-state index in [0.29, 0.717) is 11.8 Å². The van der Waals surface area contributed by atoms with E-state index < -0.39 is 0 Å². The molecule has 0 radical (unpaired) electrons. The Hall–Kier alpha value is -0.910. The average Bonchev–Trinajstić information content (AvgIpc) is 2.26. The van der Waals surface area contributed by atoms with E-state index in [1.807, 2.05) is 32.7 Å². The van der Waals surface area contributed by atoms with E-state index in [1.54, 1.807) is 18.8 Å². The van der Waals surface area contributed by atoms with Crippen LogP contribution in [-0.2, 0) is 4.79 Å². The second kappa shape index (κ2) is 8.30. The van der Waals surface area contributed by atoms with Gasteiger partial charge in [0.1, 0.15) is 0 Å². The van der Waals surface area contributed by atoms with Crippen molar-refractivity contribution in [2.45, 2.75) is 38.5 Å². The fraction of sp³-hybridized carbons (Fsp3) is 0.846. The number of nitrogens with one attached hydrogen (secondary N) is 2. The van der Waals surface area contributed by atoms with Crippen LogP contribution in [0.2, 0.25) is 0 Å². The lowest BCUT2D eigenvalue weighted by molar-refractivity contribution is -0.122. The van der Waals surface area contributed by atoms with Crippen LogP contribution in [0.25, 0.3) is 0 Å². The average molecular weight is 288 g/mol. The molecule has 1 atom stereocenters. The Morgan fingerprint density at radius 1 is 1.42 bits per heavy atom. The highest BCUT2D eigenvalue weighted by Gasteiger charge is 2.16. The van der Waals surface area contributed by atoms with Crippen molar-refractivity contribution in [1.29, 1.82) is 0 Å². The second-order valence-electron chi connectivity index (χ2n) is 5.63. The standard InChI is InChI=1S/C13H28N4OS/c1-10(19-7)8-15-12(14-5)17(6)9-11(18)16-13(2,3)4/h10H,8-9H2,1-7H3,(H,14,15)(H,16,18). The largest absolute Gasteiger partial charge is 0.355 e. The summed E-state index contributed by atoms with van der Waals surface area (Å²) >= 11 is 1.80. The third-order valence-electron chi connectivity index (χ3n) is 2.42. The molecule has 0 aromatic rings. The topological polar surface area (TPSA) is 56.7 Å². The van der Waals surface area contributed by atoms with Crippen LogP contribution in [0.4, 0.5) is 0 Å². The van der Waals surface area contributed by atoms with Gasteiger partial charge in [0.2, 0.25) is 5.91 Å². The minimum absolute atomic E-state index is 0.00383. The van der Waals surface area contributed by atoms with Crippen LogP contribution >= 0.6 is 11.8 Å². The second-order valence-corrected chi connectivity index (χ2v) is 6.90. The van der Waals surface area contributed by atoms with Gasteiger partial charge in [-0.2, -0.15) is 11.8 Å². The van der Waals surface area contributed by atoms with Crippen LogP contribution in [0.5, 0.6) is 0 Å². The molecule has 0 heterocycles. The van der Waals surface area contributed by atoms with E-state index in [2.05, 4.69) is 28.8 Å². The van der Waals surface area contributed by atoms with Crippen molar-refractivity contribution in [2.24, 2.45) is 4.99 Å². The number of amides is 1. The first-order valence-corrected chi connectivity index (χ1v) is 7.74. The van der Waals surface area contributed by atoms with Crippen LogP contribution < -0.4 is 10.6 Å². The molecule has 0 aliphatic carbocycles. The van der Waals surface area contributed by atoms with Crippen LogP contribution in [0.3, 0.4) is 0 Å². The number of hydrogen-bond acceptors (Lipinski definition) is 3. The first-order valence-electron chi connectivity index (χ1n) is 6.45. The molecule has 112 valence electrons. The lowest BCUT2D eigenvalue weighted by Gasteiger charge is -2.26. The smallest absolute Gasteiger partial charge is 0.240 e.